The Kier molecular flexibility index (Phi) is 5.03. The number of fused-ring (bicyclic) bond motifs is 1. The summed E-state index contributed by atoms with van der Waals surface area (Å²) in [6.07, 6.45) is 0. The summed E-state index contributed by atoms with van der Waals surface area (Å²) in [4.78, 5) is 29.6. The minimum absolute atomic E-state index is 0.0271. The number of carbonyl (C=O) groups is 1. The fraction of sp³-hybridized carbons (Fsp3) is 0.333. The zero-order valence-electron chi connectivity index (χ0n) is 17.8. The molecule has 1 heterocycles. The van der Waals surface area contributed by atoms with Crippen LogP contribution in [0.4, 0.5) is 5.69 Å². The molecular formula is C24H28N2O3. The van der Waals surface area contributed by atoms with E-state index in [1.54, 1.807) is 30.3 Å². The molecule has 0 atom stereocenters. The maximum Gasteiger partial charge on any atom is 0.255 e. The maximum absolute atomic E-state index is 13.7. The van der Waals surface area contributed by atoms with Crippen LogP contribution in [0.15, 0.2) is 47.3 Å². The molecule has 0 radical (unpaired) electrons. The molecule has 3 N–H and O–H groups in total. The molecule has 5 heteroatoms. The third-order valence-electron chi connectivity index (χ3n) is 4.92. The van der Waals surface area contributed by atoms with Gasteiger partial charge in [-0.15, -0.1) is 0 Å². The van der Waals surface area contributed by atoms with Gasteiger partial charge in [0.15, 0.2) is 5.43 Å². The maximum atomic E-state index is 13.7. The van der Waals surface area contributed by atoms with Crippen molar-refractivity contribution in [2.24, 2.45) is 0 Å². The second kappa shape index (κ2) is 7.07. The fourth-order valence-electron chi connectivity index (χ4n) is 3.55. The van der Waals surface area contributed by atoms with Crippen molar-refractivity contribution in [2.75, 3.05) is 5.32 Å². The van der Waals surface area contributed by atoms with E-state index in [1.807, 2.05) is 47.6 Å². The van der Waals surface area contributed by atoms with Crippen LogP contribution in [-0.4, -0.2) is 16.0 Å². The molecule has 1 aromatic heterocycles. The quantitative estimate of drug-likeness (QED) is 0.532. The van der Waals surface area contributed by atoms with Gasteiger partial charge in [-0.25, -0.2) is 0 Å². The summed E-state index contributed by atoms with van der Waals surface area (Å²) >= 11 is 0. The second-order valence-electron chi connectivity index (χ2n) is 9.41. The van der Waals surface area contributed by atoms with Crippen LogP contribution in [0.1, 0.15) is 63.2 Å². The van der Waals surface area contributed by atoms with Gasteiger partial charge in [0.2, 0.25) is 0 Å². The zero-order valence-corrected chi connectivity index (χ0v) is 17.8. The van der Waals surface area contributed by atoms with E-state index in [1.165, 1.54) is 6.07 Å². The third-order valence-corrected chi connectivity index (χ3v) is 4.92. The Bertz CT molecular complexity index is 1130. The van der Waals surface area contributed by atoms with Gasteiger partial charge in [0.05, 0.1) is 16.6 Å². The van der Waals surface area contributed by atoms with Gasteiger partial charge in [0, 0.05) is 22.2 Å². The molecule has 3 rings (SSSR count). The van der Waals surface area contributed by atoms with Gasteiger partial charge < -0.3 is 15.4 Å². The first-order valence-electron chi connectivity index (χ1n) is 9.70. The third kappa shape index (κ3) is 3.90. The molecule has 0 saturated heterocycles. The largest absolute Gasteiger partial charge is 0.506 e. The molecule has 0 aliphatic heterocycles. The number of pyridine rings is 1. The molecule has 0 aliphatic rings. The molecule has 5 nitrogen and oxygen atoms in total. The molecule has 0 fully saturated rings. The van der Waals surface area contributed by atoms with Crippen molar-refractivity contribution in [3.8, 4) is 5.75 Å². The normalized spacial score (nSPS) is 12.2. The zero-order chi connectivity index (χ0) is 21.6. The van der Waals surface area contributed by atoms with Crippen LogP contribution in [-0.2, 0) is 10.8 Å². The summed E-state index contributed by atoms with van der Waals surface area (Å²) in [7, 11) is 0. The lowest BCUT2D eigenvalue weighted by Crippen LogP contribution is -2.31. The number of aromatic nitrogens is 1. The average Bonchev–Trinajstić information content (AvgIpc) is 2.62. The van der Waals surface area contributed by atoms with Crippen molar-refractivity contribution in [3.63, 3.8) is 0 Å². The first-order chi connectivity index (χ1) is 13.4. The standard InChI is InChI=1S/C24H28N2O3/c1-23(2,3)18-20(28)17-15(25-22(29)14-10-8-7-9-11-14)12-13-16(27)19(17)26-21(18)24(4,5)6/h7-13,27H,1-6H3,(H,25,29)(H,26,28). The number of rotatable bonds is 2. The fourth-order valence-corrected chi connectivity index (χ4v) is 3.55. The minimum atomic E-state index is -0.420. The van der Waals surface area contributed by atoms with E-state index in [0.717, 1.165) is 5.69 Å². The molecule has 29 heavy (non-hydrogen) atoms. The highest BCUT2D eigenvalue weighted by molar-refractivity contribution is 6.09. The van der Waals surface area contributed by atoms with Crippen LogP contribution in [0.25, 0.3) is 10.9 Å². The molecule has 2 aromatic carbocycles. The molecule has 0 unspecified atom stereocenters. The molecule has 0 saturated carbocycles. The summed E-state index contributed by atoms with van der Waals surface area (Å²) in [5.74, 6) is -0.338. The molecule has 152 valence electrons. The number of hydrogen-bond acceptors (Lipinski definition) is 3. The van der Waals surface area contributed by atoms with Gasteiger partial charge in [-0.2, -0.15) is 0 Å². The highest BCUT2D eigenvalue weighted by Gasteiger charge is 2.31. The Morgan fingerprint density at radius 3 is 2.10 bits per heavy atom. The predicted octanol–water partition coefficient (Wildman–Crippen LogP) is 5.08. The van der Waals surface area contributed by atoms with Crippen LogP contribution < -0.4 is 10.7 Å². The Morgan fingerprint density at radius 2 is 1.55 bits per heavy atom. The summed E-state index contributed by atoms with van der Waals surface area (Å²) in [5, 5.41) is 13.6. The first-order valence-corrected chi connectivity index (χ1v) is 9.70. The number of benzene rings is 2. The highest BCUT2D eigenvalue weighted by atomic mass is 16.3. The van der Waals surface area contributed by atoms with Crippen molar-refractivity contribution >= 4 is 22.5 Å². The molecule has 0 spiro atoms. The number of anilines is 1. The molecule has 0 aliphatic carbocycles. The number of aromatic amines is 1. The molecule has 3 aromatic rings. The minimum Gasteiger partial charge on any atom is -0.506 e. The monoisotopic (exact) mass is 392 g/mol. The number of carbonyl (C=O) groups excluding carboxylic acids is 1. The number of phenols is 1. The second-order valence-corrected chi connectivity index (χ2v) is 9.41. The summed E-state index contributed by atoms with van der Waals surface area (Å²) in [6, 6.07) is 11.9. The lowest BCUT2D eigenvalue weighted by atomic mass is 9.77. The van der Waals surface area contributed by atoms with Crippen LogP contribution >= 0.6 is 0 Å². The van der Waals surface area contributed by atoms with E-state index >= 15 is 0 Å². The first kappa shape index (κ1) is 20.6. The van der Waals surface area contributed by atoms with Crippen LogP contribution in [0, 0.1) is 0 Å². The van der Waals surface area contributed by atoms with Crippen LogP contribution in [0.5, 0.6) is 5.75 Å². The predicted molar refractivity (Wildman–Crippen MR) is 118 cm³/mol. The van der Waals surface area contributed by atoms with Crippen molar-refractivity contribution in [1.82, 2.24) is 4.98 Å². The van der Waals surface area contributed by atoms with Gasteiger partial charge in [-0.05, 0) is 29.7 Å². The number of aromatic hydroxyl groups is 1. The van der Waals surface area contributed by atoms with E-state index in [4.69, 9.17) is 0 Å². The Balaban J connectivity index is 2.31. The SMILES string of the molecule is CC(C)(C)c1[nH]c2c(O)ccc(NC(=O)c3ccccc3)c2c(=O)c1C(C)(C)C. The Labute approximate surface area is 170 Å². The number of hydrogen-bond donors (Lipinski definition) is 3. The lowest BCUT2D eigenvalue weighted by molar-refractivity contribution is 0.102. The van der Waals surface area contributed by atoms with Crippen molar-refractivity contribution in [3.05, 3.63) is 69.5 Å². The number of phenolic OH excluding ortho intramolecular Hbond substituents is 1. The topological polar surface area (TPSA) is 82.2 Å². The number of nitrogens with one attached hydrogen (secondary N) is 2. The molecular weight excluding hydrogens is 364 g/mol. The van der Waals surface area contributed by atoms with Gasteiger partial charge in [0.25, 0.3) is 5.91 Å². The van der Waals surface area contributed by atoms with E-state index in [-0.39, 0.29) is 27.9 Å². The van der Waals surface area contributed by atoms with Crippen molar-refractivity contribution in [1.29, 1.82) is 0 Å². The molecule has 0 bridgehead atoms. The van der Waals surface area contributed by atoms with Gasteiger partial charge in [-0.3, -0.25) is 9.59 Å². The highest BCUT2D eigenvalue weighted by Crippen LogP contribution is 2.35. The van der Waals surface area contributed by atoms with Crippen molar-refractivity contribution in [2.45, 2.75) is 52.4 Å². The smallest absolute Gasteiger partial charge is 0.255 e. The van der Waals surface area contributed by atoms with Gasteiger partial charge in [-0.1, -0.05) is 59.7 Å². The van der Waals surface area contributed by atoms with Crippen LogP contribution in [0.2, 0.25) is 0 Å². The van der Waals surface area contributed by atoms with Crippen LogP contribution in [0.3, 0.4) is 0 Å². The number of H-pyrrole nitrogens is 1. The van der Waals surface area contributed by atoms with E-state index in [9.17, 15) is 14.7 Å². The molecule has 1 amide bonds. The Hall–Kier alpha value is -3.08. The number of amides is 1. The van der Waals surface area contributed by atoms with Crippen molar-refractivity contribution < 1.29 is 9.90 Å². The summed E-state index contributed by atoms with van der Waals surface area (Å²) < 4.78 is 0. The van der Waals surface area contributed by atoms with E-state index < -0.39 is 5.41 Å². The Morgan fingerprint density at radius 1 is 0.931 bits per heavy atom. The lowest BCUT2D eigenvalue weighted by Gasteiger charge is -2.30. The average molecular weight is 392 g/mol. The van der Waals surface area contributed by atoms with E-state index in [2.05, 4.69) is 10.3 Å². The summed E-state index contributed by atoms with van der Waals surface area (Å²) in [5.41, 5.74) is 1.70. The van der Waals surface area contributed by atoms with E-state index in [0.29, 0.717) is 22.3 Å². The summed E-state index contributed by atoms with van der Waals surface area (Å²) in [6.45, 7) is 12.0. The van der Waals surface area contributed by atoms with Gasteiger partial charge in [0.1, 0.15) is 5.75 Å². The van der Waals surface area contributed by atoms with Gasteiger partial charge >= 0.3 is 0 Å².